The Hall–Kier alpha value is -2.37. The highest BCUT2D eigenvalue weighted by atomic mass is 16.5. The number of nitrogens with one attached hydrogen (secondary N) is 1. The molecule has 1 heterocycles. The third kappa shape index (κ3) is 2.73. The smallest absolute Gasteiger partial charge is 0.321 e. The van der Waals surface area contributed by atoms with E-state index in [2.05, 4.69) is 20.3 Å². The molecule has 19 heavy (non-hydrogen) atoms. The highest BCUT2D eigenvalue weighted by molar-refractivity contribution is 5.62. The number of nitrogens with zero attached hydrogens (tertiary/aromatic N) is 3. The zero-order valence-electron chi connectivity index (χ0n) is 11.4. The molecule has 6 heteroatoms. The first-order chi connectivity index (χ1) is 9.17. The first-order valence-corrected chi connectivity index (χ1v) is 5.80. The molecule has 1 aromatic carbocycles. The van der Waals surface area contributed by atoms with Gasteiger partial charge < -0.3 is 14.8 Å². The number of benzene rings is 1. The number of hydrogen-bond donors (Lipinski definition) is 1. The molecular weight excluding hydrogens is 244 g/mol. The van der Waals surface area contributed by atoms with E-state index in [0.717, 1.165) is 16.9 Å². The van der Waals surface area contributed by atoms with Crippen molar-refractivity contribution < 1.29 is 9.47 Å². The van der Waals surface area contributed by atoms with Crippen LogP contribution < -0.4 is 14.8 Å². The zero-order chi connectivity index (χ0) is 13.8. The molecule has 0 saturated carbocycles. The minimum atomic E-state index is 0.282. The second-order valence-electron chi connectivity index (χ2n) is 3.90. The fourth-order valence-electron chi connectivity index (χ4n) is 1.69. The molecule has 0 aliphatic heterocycles. The SMILES string of the molecule is CNc1nc(OC)nc(-c2ccc(OC)cc2C)n1. The summed E-state index contributed by atoms with van der Waals surface area (Å²) in [4.78, 5) is 12.7. The van der Waals surface area contributed by atoms with E-state index in [4.69, 9.17) is 9.47 Å². The lowest BCUT2D eigenvalue weighted by Gasteiger charge is -2.09. The summed E-state index contributed by atoms with van der Waals surface area (Å²) in [5.74, 6) is 1.84. The molecule has 6 nitrogen and oxygen atoms in total. The van der Waals surface area contributed by atoms with Gasteiger partial charge in [0.25, 0.3) is 0 Å². The van der Waals surface area contributed by atoms with E-state index in [0.29, 0.717) is 11.8 Å². The molecule has 0 amide bonds. The summed E-state index contributed by atoms with van der Waals surface area (Å²) in [5.41, 5.74) is 1.94. The number of hydrogen-bond acceptors (Lipinski definition) is 6. The van der Waals surface area contributed by atoms with Crippen LogP contribution in [0.4, 0.5) is 5.95 Å². The Kier molecular flexibility index (Phi) is 3.79. The van der Waals surface area contributed by atoms with Crippen molar-refractivity contribution >= 4 is 5.95 Å². The van der Waals surface area contributed by atoms with Gasteiger partial charge >= 0.3 is 6.01 Å². The molecule has 2 aromatic rings. The lowest BCUT2D eigenvalue weighted by Crippen LogP contribution is -2.03. The first-order valence-electron chi connectivity index (χ1n) is 5.80. The number of rotatable bonds is 4. The maximum absolute atomic E-state index is 5.19. The van der Waals surface area contributed by atoms with Gasteiger partial charge in [0.2, 0.25) is 5.95 Å². The number of aromatic nitrogens is 3. The summed E-state index contributed by atoms with van der Waals surface area (Å²) >= 11 is 0. The van der Waals surface area contributed by atoms with Gasteiger partial charge in [-0.15, -0.1) is 0 Å². The Morgan fingerprint density at radius 2 is 1.84 bits per heavy atom. The van der Waals surface area contributed by atoms with E-state index in [1.165, 1.54) is 7.11 Å². The van der Waals surface area contributed by atoms with Gasteiger partial charge in [0.15, 0.2) is 5.82 Å². The number of methoxy groups -OCH3 is 2. The van der Waals surface area contributed by atoms with E-state index in [1.54, 1.807) is 14.2 Å². The molecule has 0 saturated heterocycles. The third-order valence-corrected chi connectivity index (χ3v) is 2.70. The third-order valence-electron chi connectivity index (χ3n) is 2.70. The van der Waals surface area contributed by atoms with Crippen LogP contribution in [0, 0.1) is 6.92 Å². The summed E-state index contributed by atoms with van der Waals surface area (Å²) in [6, 6.07) is 6.01. The van der Waals surface area contributed by atoms with E-state index >= 15 is 0 Å². The van der Waals surface area contributed by atoms with E-state index in [1.807, 2.05) is 25.1 Å². The highest BCUT2D eigenvalue weighted by Gasteiger charge is 2.10. The van der Waals surface area contributed by atoms with Crippen molar-refractivity contribution in [3.63, 3.8) is 0 Å². The Bertz CT molecular complexity index is 565. The van der Waals surface area contributed by atoms with Crippen LogP contribution in [-0.2, 0) is 0 Å². The lowest BCUT2D eigenvalue weighted by atomic mass is 10.1. The van der Waals surface area contributed by atoms with Gasteiger partial charge in [-0.25, -0.2) is 0 Å². The molecule has 1 aromatic heterocycles. The second-order valence-corrected chi connectivity index (χ2v) is 3.90. The van der Waals surface area contributed by atoms with Crippen molar-refractivity contribution in [3.05, 3.63) is 23.8 Å². The molecule has 0 aliphatic rings. The molecule has 0 aliphatic carbocycles. The molecule has 0 bridgehead atoms. The maximum Gasteiger partial charge on any atom is 0.321 e. The van der Waals surface area contributed by atoms with E-state index < -0.39 is 0 Å². The van der Waals surface area contributed by atoms with Crippen LogP contribution in [0.25, 0.3) is 11.4 Å². The van der Waals surface area contributed by atoms with Gasteiger partial charge in [-0.1, -0.05) is 0 Å². The second kappa shape index (κ2) is 5.51. The van der Waals surface area contributed by atoms with Crippen LogP contribution in [0.3, 0.4) is 0 Å². The zero-order valence-corrected chi connectivity index (χ0v) is 11.4. The lowest BCUT2D eigenvalue weighted by molar-refractivity contribution is 0.379. The molecule has 1 N–H and O–H groups in total. The van der Waals surface area contributed by atoms with Gasteiger partial charge in [0.05, 0.1) is 14.2 Å². The van der Waals surface area contributed by atoms with Crippen molar-refractivity contribution in [2.24, 2.45) is 0 Å². The van der Waals surface area contributed by atoms with Gasteiger partial charge in [0, 0.05) is 12.6 Å². The minimum Gasteiger partial charge on any atom is -0.497 e. The molecule has 0 atom stereocenters. The molecule has 0 unspecified atom stereocenters. The first kappa shape index (κ1) is 13.1. The summed E-state index contributed by atoms with van der Waals surface area (Å²) in [6.45, 7) is 1.98. The molecule has 0 fully saturated rings. The summed E-state index contributed by atoms with van der Waals surface area (Å²) in [5, 5.41) is 2.89. The monoisotopic (exact) mass is 260 g/mol. The van der Waals surface area contributed by atoms with Crippen LogP contribution in [0.2, 0.25) is 0 Å². The quantitative estimate of drug-likeness (QED) is 0.905. The fraction of sp³-hybridized carbons (Fsp3) is 0.308. The molecular formula is C13H16N4O2. The van der Waals surface area contributed by atoms with Gasteiger partial charge in [-0.3, -0.25) is 0 Å². The van der Waals surface area contributed by atoms with Gasteiger partial charge in [0.1, 0.15) is 5.75 Å². The Morgan fingerprint density at radius 1 is 1.05 bits per heavy atom. The normalized spacial score (nSPS) is 10.1. The van der Waals surface area contributed by atoms with Crippen LogP contribution in [0.15, 0.2) is 18.2 Å². The molecule has 0 spiro atoms. The van der Waals surface area contributed by atoms with E-state index in [9.17, 15) is 0 Å². The topological polar surface area (TPSA) is 69.2 Å². The van der Waals surface area contributed by atoms with Crippen LogP contribution in [0.1, 0.15) is 5.56 Å². The van der Waals surface area contributed by atoms with Gasteiger partial charge in [-0.05, 0) is 30.7 Å². The van der Waals surface area contributed by atoms with Gasteiger partial charge in [-0.2, -0.15) is 15.0 Å². The summed E-state index contributed by atoms with van der Waals surface area (Å²) in [7, 11) is 4.92. The highest BCUT2D eigenvalue weighted by Crippen LogP contribution is 2.25. The Balaban J connectivity index is 2.51. The summed E-state index contributed by atoms with van der Waals surface area (Å²) in [6.07, 6.45) is 0. The number of anilines is 1. The average Bonchev–Trinajstić information content (AvgIpc) is 2.46. The van der Waals surface area contributed by atoms with Crippen LogP contribution in [0.5, 0.6) is 11.8 Å². The Labute approximate surface area is 111 Å². The predicted molar refractivity (Wildman–Crippen MR) is 72.7 cm³/mol. The predicted octanol–water partition coefficient (Wildman–Crippen LogP) is 1.91. The van der Waals surface area contributed by atoms with Crippen molar-refractivity contribution in [1.29, 1.82) is 0 Å². The fourth-order valence-corrected chi connectivity index (χ4v) is 1.69. The average molecular weight is 260 g/mol. The summed E-state index contributed by atoms with van der Waals surface area (Å²) < 4.78 is 10.3. The Morgan fingerprint density at radius 3 is 2.42 bits per heavy atom. The maximum atomic E-state index is 5.19. The van der Waals surface area contributed by atoms with Crippen LogP contribution in [-0.4, -0.2) is 36.2 Å². The largest absolute Gasteiger partial charge is 0.497 e. The van der Waals surface area contributed by atoms with Crippen molar-refractivity contribution in [3.8, 4) is 23.1 Å². The van der Waals surface area contributed by atoms with Crippen molar-refractivity contribution in [1.82, 2.24) is 15.0 Å². The minimum absolute atomic E-state index is 0.282. The molecule has 0 radical (unpaired) electrons. The van der Waals surface area contributed by atoms with Crippen molar-refractivity contribution in [2.45, 2.75) is 6.92 Å². The van der Waals surface area contributed by atoms with Crippen molar-refractivity contribution in [2.75, 3.05) is 26.6 Å². The van der Waals surface area contributed by atoms with E-state index in [-0.39, 0.29) is 6.01 Å². The number of ether oxygens (including phenoxy) is 2. The standard InChI is InChI=1S/C13H16N4O2/c1-8-7-9(18-3)5-6-10(8)11-15-12(14-2)17-13(16-11)19-4/h5-7H,1-4H3,(H,14,15,16,17). The molecule has 2 rings (SSSR count). The number of aryl methyl sites for hydroxylation is 1. The van der Waals surface area contributed by atoms with Crippen LogP contribution >= 0.6 is 0 Å². The molecule has 100 valence electrons.